The van der Waals surface area contributed by atoms with Crippen LogP contribution in [-0.4, -0.2) is 34.3 Å². The zero-order chi connectivity index (χ0) is 13.1. The topological polar surface area (TPSA) is 62.3 Å². The number of nitrogens with zero attached hydrogens (tertiary/aromatic N) is 2. The lowest BCUT2D eigenvalue weighted by Crippen LogP contribution is -2.57. The number of nitrogens with one attached hydrogen (secondary N) is 1. The van der Waals surface area contributed by atoms with E-state index in [0.717, 1.165) is 5.56 Å². The third kappa shape index (κ3) is 2.86. The first-order chi connectivity index (χ1) is 8.60. The van der Waals surface area contributed by atoms with Crippen LogP contribution in [0.4, 0.5) is 0 Å². The normalized spacial score (nSPS) is 20.9. The van der Waals surface area contributed by atoms with Gasteiger partial charge >= 0.3 is 0 Å². The lowest BCUT2D eigenvalue weighted by atomic mass is 10.1. The van der Waals surface area contributed by atoms with Crippen LogP contribution in [0.15, 0.2) is 18.3 Å². The standard InChI is InChI=1S/C12H14ClN3O2/c1-2-9-12(18)15-11(17)7-16(9)6-8-3-4-14-10(13)5-8/h3-5,9H,2,6-7H2,1H3,(H,15,17,18). The molecule has 0 aliphatic carbocycles. The van der Waals surface area contributed by atoms with Crippen LogP contribution in [0.2, 0.25) is 5.15 Å². The largest absolute Gasteiger partial charge is 0.294 e. The quantitative estimate of drug-likeness (QED) is 0.655. The number of aromatic nitrogens is 1. The Morgan fingerprint density at radius 1 is 1.56 bits per heavy atom. The second-order valence-electron chi connectivity index (χ2n) is 4.23. The zero-order valence-electron chi connectivity index (χ0n) is 10.0. The van der Waals surface area contributed by atoms with E-state index in [-0.39, 0.29) is 24.4 Å². The van der Waals surface area contributed by atoms with E-state index < -0.39 is 0 Å². The average Bonchev–Trinajstić information content (AvgIpc) is 2.28. The Hall–Kier alpha value is -1.46. The lowest BCUT2D eigenvalue weighted by molar-refractivity contribution is -0.140. The van der Waals surface area contributed by atoms with Gasteiger partial charge in [0.25, 0.3) is 0 Å². The molecule has 6 heteroatoms. The highest BCUT2D eigenvalue weighted by Gasteiger charge is 2.32. The van der Waals surface area contributed by atoms with Gasteiger partial charge in [0.2, 0.25) is 11.8 Å². The number of pyridine rings is 1. The van der Waals surface area contributed by atoms with Crippen molar-refractivity contribution in [2.75, 3.05) is 6.54 Å². The maximum atomic E-state index is 11.7. The summed E-state index contributed by atoms with van der Waals surface area (Å²) in [4.78, 5) is 28.8. The van der Waals surface area contributed by atoms with Crippen LogP contribution in [-0.2, 0) is 16.1 Å². The number of halogens is 1. The van der Waals surface area contributed by atoms with Crippen LogP contribution in [0.25, 0.3) is 0 Å². The molecule has 1 saturated heterocycles. The number of carbonyl (C=O) groups excluding carboxylic acids is 2. The van der Waals surface area contributed by atoms with Gasteiger partial charge in [0, 0.05) is 12.7 Å². The summed E-state index contributed by atoms with van der Waals surface area (Å²) in [5, 5.41) is 2.76. The fraction of sp³-hybridized carbons (Fsp3) is 0.417. The van der Waals surface area contributed by atoms with Gasteiger partial charge in [0.1, 0.15) is 5.15 Å². The Morgan fingerprint density at radius 2 is 2.33 bits per heavy atom. The SMILES string of the molecule is CCC1C(=O)NC(=O)CN1Cc1ccnc(Cl)c1. The molecule has 18 heavy (non-hydrogen) atoms. The number of hydrogen-bond donors (Lipinski definition) is 1. The molecular weight excluding hydrogens is 254 g/mol. The Labute approximate surface area is 110 Å². The summed E-state index contributed by atoms with van der Waals surface area (Å²) in [7, 11) is 0. The van der Waals surface area contributed by atoms with Crippen LogP contribution in [0.5, 0.6) is 0 Å². The summed E-state index contributed by atoms with van der Waals surface area (Å²) in [6.45, 7) is 2.66. The summed E-state index contributed by atoms with van der Waals surface area (Å²) in [6, 6.07) is 3.30. The third-order valence-corrected chi connectivity index (χ3v) is 3.12. The molecule has 1 unspecified atom stereocenters. The van der Waals surface area contributed by atoms with Crippen molar-refractivity contribution in [1.29, 1.82) is 0 Å². The van der Waals surface area contributed by atoms with Gasteiger partial charge in [-0.15, -0.1) is 0 Å². The average molecular weight is 268 g/mol. The fourth-order valence-electron chi connectivity index (χ4n) is 2.11. The molecule has 1 aliphatic heterocycles. The Balaban J connectivity index is 2.15. The molecule has 2 amide bonds. The van der Waals surface area contributed by atoms with Crippen molar-refractivity contribution in [3.63, 3.8) is 0 Å². The Bertz CT molecular complexity index is 478. The number of amides is 2. The van der Waals surface area contributed by atoms with Crippen molar-refractivity contribution in [2.45, 2.75) is 25.9 Å². The molecule has 1 fully saturated rings. The number of piperazine rings is 1. The van der Waals surface area contributed by atoms with Gasteiger partial charge in [0.15, 0.2) is 0 Å². The molecule has 1 aliphatic rings. The lowest BCUT2D eigenvalue weighted by Gasteiger charge is -2.33. The van der Waals surface area contributed by atoms with E-state index in [9.17, 15) is 9.59 Å². The van der Waals surface area contributed by atoms with Crippen LogP contribution >= 0.6 is 11.6 Å². The van der Waals surface area contributed by atoms with E-state index in [0.29, 0.717) is 18.1 Å². The van der Waals surface area contributed by atoms with E-state index in [1.165, 1.54) is 0 Å². The minimum absolute atomic E-state index is 0.226. The Kier molecular flexibility index (Phi) is 3.93. The molecule has 2 rings (SSSR count). The molecule has 0 radical (unpaired) electrons. The first-order valence-corrected chi connectivity index (χ1v) is 6.16. The summed E-state index contributed by atoms with van der Waals surface area (Å²) in [5.41, 5.74) is 0.941. The van der Waals surface area contributed by atoms with Crippen LogP contribution in [0, 0.1) is 0 Å². The number of imide groups is 1. The molecule has 1 aromatic rings. The highest BCUT2D eigenvalue weighted by atomic mass is 35.5. The van der Waals surface area contributed by atoms with E-state index in [1.54, 1.807) is 12.3 Å². The highest BCUT2D eigenvalue weighted by Crippen LogP contribution is 2.15. The maximum absolute atomic E-state index is 11.7. The van der Waals surface area contributed by atoms with Gasteiger partial charge in [0.05, 0.1) is 12.6 Å². The first kappa shape index (κ1) is 13.0. The van der Waals surface area contributed by atoms with Crippen molar-refractivity contribution >= 4 is 23.4 Å². The summed E-state index contributed by atoms with van der Waals surface area (Å²) < 4.78 is 0. The molecule has 0 aromatic carbocycles. The van der Waals surface area contributed by atoms with Gasteiger partial charge in [-0.3, -0.25) is 19.8 Å². The van der Waals surface area contributed by atoms with Crippen LogP contribution in [0.1, 0.15) is 18.9 Å². The number of rotatable bonds is 3. The van der Waals surface area contributed by atoms with E-state index in [2.05, 4.69) is 10.3 Å². The molecule has 0 spiro atoms. The molecule has 5 nitrogen and oxygen atoms in total. The predicted octanol–water partition coefficient (Wildman–Crippen LogP) is 0.972. The monoisotopic (exact) mass is 267 g/mol. The molecule has 96 valence electrons. The van der Waals surface area contributed by atoms with E-state index in [1.807, 2.05) is 17.9 Å². The molecule has 2 heterocycles. The molecule has 1 atom stereocenters. The minimum atomic E-state index is -0.269. The van der Waals surface area contributed by atoms with Gasteiger partial charge in [-0.2, -0.15) is 0 Å². The molecule has 1 aromatic heterocycles. The minimum Gasteiger partial charge on any atom is -0.294 e. The van der Waals surface area contributed by atoms with Crippen LogP contribution < -0.4 is 5.32 Å². The Morgan fingerprint density at radius 3 is 3.00 bits per heavy atom. The predicted molar refractivity (Wildman–Crippen MR) is 66.9 cm³/mol. The molecule has 0 saturated carbocycles. The van der Waals surface area contributed by atoms with Crippen LogP contribution in [0.3, 0.4) is 0 Å². The zero-order valence-corrected chi connectivity index (χ0v) is 10.8. The van der Waals surface area contributed by atoms with Crippen molar-refractivity contribution in [3.05, 3.63) is 29.0 Å². The van der Waals surface area contributed by atoms with E-state index >= 15 is 0 Å². The fourth-order valence-corrected chi connectivity index (χ4v) is 2.30. The summed E-state index contributed by atoms with van der Waals surface area (Å²) >= 11 is 5.81. The van der Waals surface area contributed by atoms with Gasteiger partial charge in [-0.25, -0.2) is 4.98 Å². The maximum Gasteiger partial charge on any atom is 0.243 e. The third-order valence-electron chi connectivity index (χ3n) is 2.92. The summed E-state index contributed by atoms with van der Waals surface area (Å²) in [6.07, 6.45) is 2.28. The highest BCUT2D eigenvalue weighted by molar-refractivity contribution is 6.29. The van der Waals surface area contributed by atoms with Gasteiger partial charge < -0.3 is 0 Å². The van der Waals surface area contributed by atoms with Crippen molar-refractivity contribution in [1.82, 2.24) is 15.2 Å². The molecule has 1 N–H and O–H groups in total. The van der Waals surface area contributed by atoms with E-state index in [4.69, 9.17) is 11.6 Å². The summed E-state index contributed by atoms with van der Waals surface area (Å²) in [5.74, 6) is -0.487. The molecular formula is C12H14ClN3O2. The number of carbonyl (C=O) groups is 2. The molecule has 0 bridgehead atoms. The first-order valence-electron chi connectivity index (χ1n) is 5.78. The van der Waals surface area contributed by atoms with Gasteiger partial charge in [-0.05, 0) is 24.1 Å². The number of hydrogen-bond acceptors (Lipinski definition) is 4. The second kappa shape index (κ2) is 5.46. The van der Waals surface area contributed by atoms with Gasteiger partial charge in [-0.1, -0.05) is 18.5 Å². The van der Waals surface area contributed by atoms with Crippen molar-refractivity contribution < 1.29 is 9.59 Å². The van der Waals surface area contributed by atoms with Crippen molar-refractivity contribution in [2.24, 2.45) is 0 Å². The second-order valence-corrected chi connectivity index (χ2v) is 4.62. The van der Waals surface area contributed by atoms with Crippen molar-refractivity contribution in [3.8, 4) is 0 Å². The smallest absolute Gasteiger partial charge is 0.243 e.